The van der Waals surface area contributed by atoms with E-state index >= 15 is 0 Å². The first-order valence-corrected chi connectivity index (χ1v) is 6.79. The summed E-state index contributed by atoms with van der Waals surface area (Å²) in [6.45, 7) is 5.69. The molecule has 2 rings (SSSR count). The van der Waals surface area contributed by atoms with Gasteiger partial charge in [0.05, 0.1) is 0 Å². The van der Waals surface area contributed by atoms with E-state index in [4.69, 9.17) is 4.74 Å². The number of esters is 1. The molecule has 0 atom stereocenters. The molecule has 0 unspecified atom stereocenters. The highest BCUT2D eigenvalue weighted by atomic mass is 16.5. The van der Waals surface area contributed by atoms with Crippen LogP contribution in [0.3, 0.4) is 0 Å². The van der Waals surface area contributed by atoms with E-state index in [1.54, 1.807) is 23.9 Å². The van der Waals surface area contributed by atoms with Crippen molar-refractivity contribution < 1.29 is 14.3 Å². The molecule has 1 aromatic carbocycles. The second kappa shape index (κ2) is 5.95. The van der Waals surface area contributed by atoms with Crippen molar-refractivity contribution in [2.75, 3.05) is 0 Å². The number of ketones is 1. The van der Waals surface area contributed by atoms with Crippen LogP contribution in [-0.4, -0.2) is 16.3 Å². The van der Waals surface area contributed by atoms with Gasteiger partial charge in [-0.25, -0.2) is 4.79 Å². The molecule has 0 spiro atoms. The van der Waals surface area contributed by atoms with E-state index in [-0.39, 0.29) is 12.4 Å². The Kier molecular flexibility index (Phi) is 4.26. The van der Waals surface area contributed by atoms with Crippen LogP contribution in [0.25, 0.3) is 0 Å². The normalized spacial score (nSPS) is 10.5. The second-order valence-electron chi connectivity index (χ2n) is 5.29. The average molecular weight is 285 g/mol. The zero-order chi connectivity index (χ0) is 15.6. The summed E-state index contributed by atoms with van der Waals surface area (Å²) < 4.78 is 6.97. The second-order valence-corrected chi connectivity index (χ2v) is 5.29. The van der Waals surface area contributed by atoms with Gasteiger partial charge in [0.15, 0.2) is 5.78 Å². The van der Waals surface area contributed by atoms with Gasteiger partial charge < -0.3 is 9.30 Å². The molecule has 0 aliphatic carbocycles. The van der Waals surface area contributed by atoms with E-state index in [9.17, 15) is 9.59 Å². The Hall–Kier alpha value is -2.36. The number of rotatable bonds is 4. The molecule has 0 aliphatic heterocycles. The highest BCUT2D eigenvalue weighted by Gasteiger charge is 2.15. The van der Waals surface area contributed by atoms with Gasteiger partial charge >= 0.3 is 5.97 Å². The van der Waals surface area contributed by atoms with E-state index in [0.717, 1.165) is 16.7 Å². The predicted octanol–water partition coefficient (Wildman–Crippen LogP) is 3.20. The summed E-state index contributed by atoms with van der Waals surface area (Å²) in [6, 6.07) is 7.61. The monoisotopic (exact) mass is 285 g/mol. The zero-order valence-electron chi connectivity index (χ0n) is 12.8. The zero-order valence-corrected chi connectivity index (χ0v) is 12.8. The van der Waals surface area contributed by atoms with Crippen molar-refractivity contribution in [1.82, 2.24) is 4.57 Å². The number of carbonyl (C=O) groups excluding carboxylic acids is 2. The molecule has 0 radical (unpaired) electrons. The smallest absolute Gasteiger partial charge is 0.355 e. The summed E-state index contributed by atoms with van der Waals surface area (Å²) in [6.07, 6.45) is 1.64. The van der Waals surface area contributed by atoms with Crippen LogP contribution in [0.5, 0.6) is 0 Å². The molecule has 0 saturated heterocycles. The third-order valence-corrected chi connectivity index (χ3v) is 3.48. The van der Waals surface area contributed by atoms with Crippen molar-refractivity contribution in [3.05, 3.63) is 58.4 Å². The Labute approximate surface area is 124 Å². The highest BCUT2D eigenvalue weighted by Crippen LogP contribution is 2.14. The molecule has 2 aromatic rings. The lowest BCUT2D eigenvalue weighted by molar-refractivity contribution is 0.0461. The van der Waals surface area contributed by atoms with E-state index in [0.29, 0.717) is 11.3 Å². The van der Waals surface area contributed by atoms with Gasteiger partial charge in [0, 0.05) is 18.8 Å². The van der Waals surface area contributed by atoms with E-state index in [2.05, 4.69) is 0 Å². The molecule has 4 nitrogen and oxygen atoms in total. The number of Topliss-reactive ketones (excluding diaryl/α,β-unsaturated/α-hetero) is 1. The molecule has 1 aromatic heterocycles. The van der Waals surface area contributed by atoms with Crippen molar-refractivity contribution in [2.45, 2.75) is 27.4 Å². The first-order chi connectivity index (χ1) is 9.88. The maximum absolute atomic E-state index is 12.1. The first-order valence-electron chi connectivity index (χ1n) is 6.79. The van der Waals surface area contributed by atoms with Crippen LogP contribution in [0.2, 0.25) is 0 Å². The minimum Gasteiger partial charge on any atom is -0.456 e. The van der Waals surface area contributed by atoms with Gasteiger partial charge in [-0.1, -0.05) is 23.8 Å². The van der Waals surface area contributed by atoms with Crippen LogP contribution in [-0.2, 0) is 18.4 Å². The number of hydrogen-bond acceptors (Lipinski definition) is 3. The summed E-state index contributed by atoms with van der Waals surface area (Å²) in [4.78, 5) is 23.4. The van der Waals surface area contributed by atoms with Crippen LogP contribution >= 0.6 is 0 Å². The third-order valence-electron chi connectivity index (χ3n) is 3.48. The standard InChI is InChI=1S/C17H19NO3/c1-11-5-6-12(2)15(7-11)10-21-17(20)16-8-14(13(3)19)9-18(16)4/h5-9H,10H2,1-4H3. The lowest BCUT2D eigenvalue weighted by Crippen LogP contribution is -2.10. The molecule has 0 N–H and O–H groups in total. The Balaban J connectivity index is 2.11. The van der Waals surface area contributed by atoms with E-state index < -0.39 is 5.97 Å². The Morgan fingerprint density at radius 3 is 2.52 bits per heavy atom. The van der Waals surface area contributed by atoms with Crippen LogP contribution in [0.1, 0.15) is 44.5 Å². The summed E-state index contributed by atoms with van der Waals surface area (Å²) in [7, 11) is 1.72. The third kappa shape index (κ3) is 3.40. The maximum atomic E-state index is 12.1. The minimum atomic E-state index is -0.425. The fourth-order valence-corrected chi connectivity index (χ4v) is 2.13. The number of aryl methyl sites for hydroxylation is 3. The number of aromatic nitrogens is 1. The van der Waals surface area contributed by atoms with Gasteiger partial charge in [0.25, 0.3) is 0 Å². The molecule has 0 aliphatic rings. The average Bonchev–Trinajstić information content (AvgIpc) is 2.82. The van der Waals surface area contributed by atoms with Crippen LogP contribution in [0.15, 0.2) is 30.5 Å². The van der Waals surface area contributed by atoms with Gasteiger partial charge in [-0.3, -0.25) is 4.79 Å². The number of ether oxygens (including phenoxy) is 1. The van der Waals surface area contributed by atoms with Crippen LogP contribution in [0.4, 0.5) is 0 Å². The Morgan fingerprint density at radius 2 is 1.90 bits per heavy atom. The van der Waals surface area contributed by atoms with Gasteiger partial charge in [-0.05, 0) is 38.0 Å². The van der Waals surface area contributed by atoms with Gasteiger partial charge in [-0.15, -0.1) is 0 Å². The fourth-order valence-electron chi connectivity index (χ4n) is 2.13. The Morgan fingerprint density at radius 1 is 1.19 bits per heavy atom. The summed E-state index contributed by atoms with van der Waals surface area (Å²) in [5.74, 6) is -0.495. The molecular weight excluding hydrogens is 266 g/mol. The van der Waals surface area contributed by atoms with Gasteiger partial charge in [0.2, 0.25) is 0 Å². The molecule has 21 heavy (non-hydrogen) atoms. The van der Waals surface area contributed by atoms with Crippen LogP contribution in [0, 0.1) is 13.8 Å². The van der Waals surface area contributed by atoms with Crippen molar-refractivity contribution >= 4 is 11.8 Å². The molecular formula is C17H19NO3. The predicted molar refractivity (Wildman–Crippen MR) is 80.5 cm³/mol. The summed E-state index contributed by atoms with van der Waals surface area (Å²) in [5.41, 5.74) is 4.10. The topological polar surface area (TPSA) is 48.3 Å². The molecule has 0 saturated carbocycles. The largest absolute Gasteiger partial charge is 0.456 e. The van der Waals surface area contributed by atoms with Gasteiger partial charge in [-0.2, -0.15) is 0 Å². The summed E-state index contributed by atoms with van der Waals surface area (Å²) >= 11 is 0. The molecule has 0 fully saturated rings. The fraction of sp³-hybridized carbons (Fsp3) is 0.294. The van der Waals surface area contributed by atoms with Crippen LogP contribution < -0.4 is 0 Å². The minimum absolute atomic E-state index is 0.0702. The lowest BCUT2D eigenvalue weighted by atomic mass is 10.1. The van der Waals surface area contributed by atoms with Crippen molar-refractivity contribution in [3.8, 4) is 0 Å². The van der Waals surface area contributed by atoms with E-state index in [1.807, 2.05) is 32.0 Å². The SMILES string of the molecule is CC(=O)c1cc(C(=O)OCc2cc(C)ccc2C)n(C)c1. The quantitative estimate of drug-likeness (QED) is 0.640. The number of hydrogen-bond donors (Lipinski definition) is 0. The molecule has 110 valence electrons. The van der Waals surface area contributed by atoms with Crippen molar-refractivity contribution in [1.29, 1.82) is 0 Å². The maximum Gasteiger partial charge on any atom is 0.355 e. The summed E-state index contributed by atoms with van der Waals surface area (Å²) in [5, 5.41) is 0. The molecule has 4 heteroatoms. The Bertz CT molecular complexity index is 698. The highest BCUT2D eigenvalue weighted by molar-refractivity contribution is 5.97. The van der Waals surface area contributed by atoms with Crippen molar-refractivity contribution in [3.63, 3.8) is 0 Å². The van der Waals surface area contributed by atoms with Crippen molar-refractivity contribution in [2.24, 2.45) is 7.05 Å². The van der Waals surface area contributed by atoms with E-state index in [1.165, 1.54) is 6.92 Å². The number of benzene rings is 1. The molecule has 0 amide bonds. The molecule has 1 heterocycles. The lowest BCUT2D eigenvalue weighted by Gasteiger charge is -2.09. The number of carbonyl (C=O) groups is 2. The van der Waals surface area contributed by atoms with Gasteiger partial charge in [0.1, 0.15) is 12.3 Å². The number of nitrogens with zero attached hydrogens (tertiary/aromatic N) is 1. The first kappa shape index (κ1) is 15.0. The molecule has 0 bridgehead atoms.